The van der Waals surface area contributed by atoms with Crippen LogP contribution in [0.5, 0.6) is 0 Å². The van der Waals surface area contributed by atoms with E-state index in [0.717, 1.165) is 5.56 Å². The number of hydrogen-bond donors (Lipinski definition) is 1. The van der Waals surface area contributed by atoms with E-state index in [9.17, 15) is 4.79 Å². The normalized spacial score (nSPS) is 10.7. The summed E-state index contributed by atoms with van der Waals surface area (Å²) in [6, 6.07) is 7.18. The molecule has 1 aromatic carbocycles. The monoisotopic (exact) mass is 261 g/mol. The maximum atomic E-state index is 11.6. The molecule has 0 aliphatic carbocycles. The smallest absolute Gasteiger partial charge is 0.250 e. The van der Waals surface area contributed by atoms with E-state index in [-0.39, 0.29) is 18.6 Å². The van der Waals surface area contributed by atoms with Gasteiger partial charge < -0.3 is 14.5 Å². The molecular formula is C13H15N3O3. The predicted molar refractivity (Wildman–Crippen MR) is 69.5 cm³/mol. The van der Waals surface area contributed by atoms with Gasteiger partial charge in [-0.3, -0.25) is 4.79 Å². The summed E-state index contributed by atoms with van der Waals surface area (Å²) < 4.78 is 10.3. The van der Waals surface area contributed by atoms with E-state index in [1.807, 2.05) is 19.9 Å². The Hall–Kier alpha value is -2.21. The summed E-state index contributed by atoms with van der Waals surface area (Å²) in [5, 5.41) is 10.2. The van der Waals surface area contributed by atoms with Crippen LogP contribution >= 0.6 is 0 Å². The number of nitrogens with zero attached hydrogens (tertiary/aromatic N) is 2. The van der Waals surface area contributed by atoms with Crippen LogP contribution < -0.4 is 5.32 Å². The van der Waals surface area contributed by atoms with Crippen molar-refractivity contribution >= 4 is 11.6 Å². The summed E-state index contributed by atoms with van der Waals surface area (Å²) in [7, 11) is 0. The number of carbonyl (C=O) groups is 1. The molecule has 0 saturated carbocycles. The lowest BCUT2D eigenvalue weighted by molar-refractivity contribution is -0.121. The molecule has 0 bridgehead atoms. The van der Waals surface area contributed by atoms with Crippen molar-refractivity contribution in [3.63, 3.8) is 0 Å². The highest BCUT2D eigenvalue weighted by Crippen LogP contribution is 2.20. The van der Waals surface area contributed by atoms with E-state index < -0.39 is 0 Å². The van der Waals surface area contributed by atoms with Crippen molar-refractivity contribution < 1.29 is 13.9 Å². The van der Waals surface area contributed by atoms with E-state index in [1.165, 1.54) is 6.39 Å². The molecule has 0 aliphatic rings. The summed E-state index contributed by atoms with van der Waals surface area (Å²) in [5.74, 6) is 0.214. The number of ether oxygens (including phenoxy) is 1. The Morgan fingerprint density at radius 2 is 2.32 bits per heavy atom. The molecule has 0 spiro atoms. The van der Waals surface area contributed by atoms with Crippen LogP contribution in [0, 0.1) is 0 Å². The van der Waals surface area contributed by atoms with E-state index >= 15 is 0 Å². The summed E-state index contributed by atoms with van der Waals surface area (Å²) >= 11 is 0. The number of rotatable bonds is 5. The van der Waals surface area contributed by atoms with Gasteiger partial charge in [0.15, 0.2) is 0 Å². The number of carbonyl (C=O) groups excluding carboxylic acids is 1. The highest BCUT2D eigenvalue weighted by Gasteiger charge is 2.07. The van der Waals surface area contributed by atoms with Crippen LogP contribution in [0.15, 0.2) is 35.1 Å². The molecule has 1 amide bonds. The zero-order chi connectivity index (χ0) is 13.7. The molecule has 0 atom stereocenters. The van der Waals surface area contributed by atoms with Gasteiger partial charge in [0.1, 0.15) is 6.61 Å². The second kappa shape index (κ2) is 6.10. The van der Waals surface area contributed by atoms with Gasteiger partial charge in [0.2, 0.25) is 18.2 Å². The standard InChI is InChI=1S/C13H15N3O3/c1-9(2)18-7-12(17)15-11-5-3-4-10(6-11)13-16-14-8-19-13/h3-6,8-9H,7H2,1-2H3,(H,15,17). The van der Waals surface area contributed by atoms with Gasteiger partial charge >= 0.3 is 0 Å². The fraction of sp³-hybridized carbons (Fsp3) is 0.308. The second-order valence-corrected chi connectivity index (χ2v) is 4.23. The van der Waals surface area contributed by atoms with Crippen molar-refractivity contribution in [3.05, 3.63) is 30.7 Å². The lowest BCUT2D eigenvalue weighted by Crippen LogP contribution is -2.20. The zero-order valence-corrected chi connectivity index (χ0v) is 10.8. The van der Waals surface area contributed by atoms with Gasteiger partial charge in [0.05, 0.1) is 6.10 Å². The fourth-order valence-electron chi connectivity index (χ4n) is 1.47. The van der Waals surface area contributed by atoms with Crippen molar-refractivity contribution in [2.24, 2.45) is 0 Å². The number of anilines is 1. The lowest BCUT2D eigenvalue weighted by atomic mass is 10.2. The average Bonchev–Trinajstić information content (AvgIpc) is 2.90. The first-order valence-corrected chi connectivity index (χ1v) is 5.93. The second-order valence-electron chi connectivity index (χ2n) is 4.23. The van der Waals surface area contributed by atoms with Crippen LogP contribution in [0.25, 0.3) is 11.5 Å². The van der Waals surface area contributed by atoms with Crippen molar-refractivity contribution in [3.8, 4) is 11.5 Å². The Morgan fingerprint density at radius 3 is 3.00 bits per heavy atom. The molecule has 6 heteroatoms. The SMILES string of the molecule is CC(C)OCC(=O)Nc1cccc(-c2nnco2)c1. The maximum absolute atomic E-state index is 11.6. The Labute approximate surface area is 110 Å². The van der Waals surface area contributed by atoms with Crippen molar-refractivity contribution in [1.82, 2.24) is 10.2 Å². The first kappa shape index (κ1) is 13.2. The number of amides is 1. The van der Waals surface area contributed by atoms with Gasteiger partial charge in [-0.15, -0.1) is 10.2 Å². The molecule has 19 heavy (non-hydrogen) atoms. The molecule has 0 saturated heterocycles. The van der Waals surface area contributed by atoms with Crippen molar-refractivity contribution in [2.75, 3.05) is 11.9 Å². The van der Waals surface area contributed by atoms with E-state index in [1.54, 1.807) is 18.2 Å². The molecular weight excluding hydrogens is 246 g/mol. The molecule has 1 aromatic heterocycles. The number of aromatic nitrogens is 2. The highest BCUT2D eigenvalue weighted by molar-refractivity contribution is 5.92. The number of hydrogen-bond acceptors (Lipinski definition) is 5. The van der Waals surface area contributed by atoms with Gasteiger partial charge in [-0.05, 0) is 32.0 Å². The Morgan fingerprint density at radius 1 is 1.47 bits per heavy atom. The molecule has 0 radical (unpaired) electrons. The average molecular weight is 261 g/mol. The lowest BCUT2D eigenvalue weighted by Gasteiger charge is -2.08. The van der Waals surface area contributed by atoms with Gasteiger partial charge in [-0.25, -0.2) is 0 Å². The summed E-state index contributed by atoms with van der Waals surface area (Å²) in [5.41, 5.74) is 1.41. The minimum atomic E-state index is -0.198. The Balaban J connectivity index is 2.01. The van der Waals surface area contributed by atoms with Crippen molar-refractivity contribution in [2.45, 2.75) is 20.0 Å². The van der Waals surface area contributed by atoms with E-state index in [2.05, 4.69) is 15.5 Å². The number of nitrogens with one attached hydrogen (secondary N) is 1. The first-order chi connectivity index (χ1) is 9.15. The molecule has 6 nitrogen and oxygen atoms in total. The van der Waals surface area contributed by atoms with Crippen LogP contribution in [0.2, 0.25) is 0 Å². The molecule has 2 rings (SSSR count). The third-order valence-electron chi connectivity index (χ3n) is 2.30. The minimum Gasteiger partial charge on any atom is -0.423 e. The highest BCUT2D eigenvalue weighted by atomic mass is 16.5. The molecule has 2 aromatic rings. The molecule has 0 fully saturated rings. The Bertz CT molecular complexity index is 538. The molecule has 1 N–H and O–H groups in total. The third-order valence-corrected chi connectivity index (χ3v) is 2.30. The van der Waals surface area contributed by atoms with Crippen molar-refractivity contribution in [1.29, 1.82) is 0 Å². The third kappa shape index (κ3) is 3.89. The minimum absolute atomic E-state index is 0.0236. The zero-order valence-electron chi connectivity index (χ0n) is 10.8. The molecule has 1 heterocycles. The quantitative estimate of drug-likeness (QED) is 0.891. The van der Waals surface area contributed by atoms with Gasteiger partial charge in [-0.2, -0.15) is 0 Å². The predicted octanol–water partition coefficient (Wildman–Crippen LogP) is 2.10. The van der Waals surface area contributed by atoms with Crippen LogP contribution in [0.3, 0.4) is 0 Å². The van der Waals surface area contributed by atoms with Gasteiger partial charge in [0.25, 0.3) is 0 Å². The summed E-state index contributed by atoms with van der Waals surface area (Å²) in [4.78, 5) is 11.6. The van der Waals surface area contributed by atoms with E-state index in [0.29, 0.717) is 11.6 Å². The van der Waals surface area contributed by atoms with Gasteiger partial charge in [-0.1, -0.05) is 6.07 Å². The number of benzene rings is 1. The topological polar surface area (TPSA) is 77.2 Å². The van der Waals surface area contributed by atoms with Crippen LogP contribution in [-0.2, 0) is 9.53 Å². The van der Waals surface area contributed by atoms with Gasteiger partial charge in [0, 0.05) is 11.3 Å². The largest absolute Gasteiger partial charge is 0.423 e. The summed E-state index contributed by atoms with van der Waals surface area (Å²) in [6.07, 6.45) is 1.28. The Kier molecular flexibility index (Phi) is 4.25. The van der Waals surface area contributed by atoms with E-state index in [4.69, 9.17) is 9.15 Å². The fourth-order valence-corrected chi connectivity index (χ4v) is 1.47. The summed E-state index contributed by atoms with van der Waals surface area (Å²) in [6.45, 7) is 3.79. The first-order valence-electron chi connectivity index (χ1n) is 5.93. The molecule has 100 valence electrons. The molecule has 0 unspecified atom stereocenters. The van der Waals surface area contributed by atoms with Crippen LogP contribution in [0.4, 0.5) is 5.69 Å². The van der Waals surface area contributed by atoms with Crippen LogP contribution in [-0.4, -0.2) is 28.8 Å². The maximum Gasteiger partial charge on any atom is 0.250 e. The van der Waals surface area contributed by atoms with Crippen LogP contribution in [0.1, 0.15) is 13.8 Å². The molecule has 0 aliphatic heterocycles.